The van der Waals surface area contributed by atoms with Crippen molar-refractivity contribution >= 4 is 11.6 Å². The molecule has 1 amide bonds. The van der Waals surface area contributed by atoms with E-state index in [2.05, 4.69) is 41.2 Å². The zero-order chi connectivity index (χ0) is 20.1. The van der Waals surface area contributed by atoms with E-state index in [0.29, 0.717) is 13.1 Å². The Kier molecular flexibility index (Phi) is 6.25. The lowest BCUT2D eigenvalue weighted by Crippen LogP contribution is -2.48. The topological polar surface area (TPSA) is 93.7 Å². The minimum absolute atomic E-state index is 0.0346. The van der Waals surface area contributed by atoms with E-state index in [4.69, 9.17) is 4.74 Å². The Hall–Kier alpha value is -2.94. The molecule has 150 valence electrons. The molecule has 2 aromatic rings. The normalized spacial score (nSPS) is 14.9. The van der Waals surface area contributed by atoms with Crippen molar-refractivity contribution in [2.45, 2.75) is 26.4 Å². The highest BCUT2D eigenvalue weighted by atomic mass is 16.6. The number of nitrogens with zero attached hydrogens (tertiary/aromatic N) is 5. The molecule has 2 heterocycles. The summed E-state index contributed by atoms with van der Waals surface area (Å²) < 4.78 is 6.30. The number of ether oxygens (including phenoxy) is 1. The fraction of sp³-hybridized carbons (Fsp3) is 0.474. The summed E-state index contributed by atoms with van der Waals surface area (Å²) in [4.78, 5) is 27.1. The first-order valence-corrected chi connectivity index (χ1v) is 9.28. The maximum absolute atomic E-state index is 12.5. The van der Waals surface area contributed by atoms with Gasteiger partial charge in [-0.25, -0.2) is 0 Å². The smallest absolute Gasteiger partial charge is 0.350 e. The van der Waals surface area contributed by atoms with Gasteiger partial charge in [-0.05, 0) is 12.5 Å². The van der Waals surface area contributed by atoms with Crippen molar-refractivity contribution in [1.29, 1.82) is 0 Å². The molecule has 0 unspecified atom stereocenters. The fourth-order valence-corrected chi connectivity index (χ4v) is 3.37. The highest BCUT2D eigenvalue weighted by Crippen LogP contribution is 2.24. The molecule has 0 saturated carbocycles. The lowest BCUT2D eigenvalue weighted by atomic mass is 10.1. The van der Waals surface area contributed by atoms with E-state index < -0.39 is 4.92 Å². The third-order valence-corrected chi connectivity index (χ3v) is 4.87. The van der Waals surface area contributed by atoms with Gasteiger partial charge < -0.3 is 9.64 Å². The van der Waals surface area contributed by atoms with Crippen LogP contribution < -0.4 is 4.74 Å². The molecule has 0 N–H and O–H groups in total. The van der Waals surface area contributed by atoms with Gasteiger partial charge in [-0.3, -0.25) is 24.5 Å². The number of benzene rings is 1. The van der Waals surface area contributed by atoms with Crippen LogP contribution in [-0.4, -0.2) is 63.7 Å². The highest BCUT2D eigenvalue weighted by molar-refractivity contribution is 5.76. The predicted octanol–water partition coefficient (Wildman–Crippen LogP) is 1.84. The maximum Gasteiger partial charge on any atom is 0.350 e. The van der Waals surface area contributed by atoms with Crippen LogP contribution in [0.3, 0.4) is 0 Å². The van der Waals surface area contributed by atoms with Crippen molar-refractivity contribution in [2.24, 2.45) is 0 Å². The zero-order valence-corrected chi connectivity index (χ0v) is 16.2. The number of methoxy groups -OCH3 is 1. The van der Waals surface area contributed by atoms with Crippen LogP contribution in [0.5, 0.6) is 5.88 Å². The summed E-state index contributed by atoms with van der Waals surface area (Å²) in [7, 11) is 1.33. The quantitative estimate of drug-likeness (QED) is 0.532. The van der Waals surface area contributed by atoms with Crippen LogP contribution >= 0.6 is 0 Å². The van der Waals surface area contributed by atoms with Crippen LogP contribution in [0, 0.1) is 17.0 Å². The molecule has 1 aliphatic rings. The number of hydrogen-bond donors (Lipinski definition) is 0. The van der Waals surface area contributed by atoms with Crippen LogP contribution in [0.15, 0.2) is 30.5 Å². The molecule has 0 radical (unpaired) electrons. The summed E-state index contributed by atoms with van der Waals surface area (Å²) in [5, 5.41) is 15.0. The summed E-state index contributed by atoms with van der Waals surface area (Å²) in [5.74, 6) is -0.00506. The third-order valence-electron chi connectivity index (χ3n) is 4.87. The maximum atomic E-state index is 12.5. The summed E-state index contributed by atoms with van der Waals surface area (Å²) in [6, 6.07) is 8.47. The number of aryl methyl sites for hydroxylation is 2. The van der Waals surface area contributed by atoms with E-state index in [1.54, 1.807) is 0 Å². The molecule has 28 heavy (non-hydrogen) atoms. The summed E-state index contributed by atoms with van der Waals surface area (Å²) >= 11 is 0. The Morgan fingerprint density at radius 3 is 2.64 bits per heavy atom. The second-order valence-corrected chi connectivity index (χ2v) is 6.94. The minimum atomic E-state index is -0.544. The molecular formula is C19H25N5O4. The van der Waals surface area contributed by atoms with E-state index in [1.165, 1.54) is 29.1 Å². The van der Waals surface area contributed by atoms with Crippen molar-refractivity contribution in [3.63, 3.8) is 0 Å². The molecule has 0 bridgehead atoms. The Morgan fingerprint density at radius 2 is 2.04 bits per heavy atom. The third kappa shape index (κ3) is 4.86. The molecular weight excluding hydrogens is 362 g/mol. The van der Waals surface area contributed by atoms with E-state index in [0.717, 1.165) is 19.6 Å². The van der Waals surface area contributed by atoms with Gasteiger partial charge in [-0.2, -0.15) is 0 Å². The standard InChI is InChI=1S/C19H25N5O4/c1-15-4-3-5-16(12-15)13-21-8-10-22(11-9-21)18(25)6-7-23-14-17(24(26)27)19(20-23)28-2/h3-5,12,14H,6-11,13H2,1-2H3. The lowest BCUT2D eigenvalue weighted by molar-refractivity contribution is -0.385. The van der Waals surface area contributed by atoms with E-state index in [-0.39, 0.29) is 30.4 Å². The van der Waals surface area contributed by atoms with Crippen molar-refractivity contribution in [2.75, 3.05) is 33.3 Å². The molecule has 1 aliphatic heterocycles. The molecule has 1 fully saturated rings. The van der Waals surface area contributed by atoms with Crippen molar-refractivity contribution in [1.82, 2.24) is 19.6 Å². The van der Waals surface area contributed by atoms with Gasteiger partial charge in [-0.1, -0.05) is 29.8 Å². The number of carbonyl (C=O) groups is 1. The zero-order valence-electron chi connectivity index (χ0n) is 16.2. The van der Waals surface area contributed by atoms with Gasteiger partial charge in [0.1, 0.15) is 6.20 Å². The Labute approximate surface area is 163 Å². The van der Waals surface area contributed by atoms with Crippen molar-refractivity contribution in [3.05, 3.63) is 51.7 Å². The Bertz CT molecular complexity index is 843. The number of rotatable bonds is 7. The summed E-state index contributed by atoms with van der Waals surface area (Å²) in [6.07, 6.45) is 1.55. The molecule has 9 nitrogen and oxygen atoms in total. The van der Waals surface area contributed by atoms with E-state index in [9.17, 15) is 14.9 Å². The van der Waals surface area contributed by atoms with Gasteiger partial charge in [0.05, 0.1) is 18.6 Å². The first kappa shape index (κ1) is 19.8. The van der Waals surface area contributed by atoms with E-state index in [1.807, 2.05) is 4.90 Å². The van der Waals surface area contributed by atoms with Crippen LogP contribution in [0.25, 0.3) is 0 Å². The molecule has 9 heteroatoms. The number of amides is 1. The number of aromatic nitrogens is 2. The van der Waals surface area contributed by atoms with Gasteiger partial charge in [-0.15, -0.1) is 5.10 Å². The van der Waals surface area contributed by atoms with Crippen molar-refractivity contribution < 1.29 is 14.5 Å². The SMILES string of the molecule is COc1nn(CCC(=O)N2CCN(Cc3cccc(C)c3)CC2)cc1[N+](=O)[O-]. The van der Waals surface area contributed by atoms with Crippen LogP contribution in [-0.2, 0) is 17.9 Å². The minimum Gasteiger partial charge on any atom is -0.475 e. The predicted molar refractivity (Wildman–Crippen MR) is 103 cm³/mol. The average Bonchev–Trinajstić information content (AvgIpc) is 3.10. The van der Waals surface area contributed by atoms with Gasteiger partial charge in [0.25, 0.3) is 0 Å². The van der Waals surface area contributed by atoms with Gasteiger partial charge in [0.15, 0.2) is 0 Å². The molecule has 1 aromatic heterocycles. The van der Waals surface area contributed by atoms with Gasteiger partial charge >= 0.3 is 11.6 Å². The van der Waals surface area contributed by atoms with Crippen molar-refractivity contribution in [3.8, 4) is 5.88 Å². The van der Waals surface area contributed by atoms with Crippen LogP contribution in [0.2, 0.25) is 0 Å². The summed E-state index contributed by atoms with van der Waals surface area (Å²) in [5.41, 5.74) is 2.34. The number of carbonyl (C=O) groups excluding carboxylic acids is 1. The number of nitro groups is 1. The summed E-state index contributed by atoms with van der Waals surface area (Å²) in [6.45, 7) is 6.30. The van der Waals surface area contributed by atoms with Gasteiger partial charge in [0.2, 0.25) is 5.91 Å². The fourth-order valence-electron chi connectivity index (χ4n) is 3.37. The molecule has 1 saturated heterocycles. The molecule has 0 spiro atoms. The van der Waals surface area contributed by atoms with Crippen LogP contribution in [0.1, 0.15) is 17.5 Å². The average molecular weight is 387 g/mol. The lowest BCUT2D eigenvalue weighted by Gasteiger charge is -2.34. The van der Waals surface area contributed by atoms with E-state index >= 15 is 0 Å². The number of piperazine rings is 1. The second kappa shape index (κ2) is 8.83. The Balaban J connectivity index is 1.47. The Morgan fingerprint density at radius 1 is 1.29 bits per heavy atom. The first-order chi connectivity index (χ1) is 13.5. The highest BCUT2D eigenvalue weighted by Gasteiger charge is 2.23. The molecule has 1 aromatic carbocycles. The van der Waals surface area contributed by atoms with Gasteiger partial charge in [0, 0.05) is 39.1 Å². The molecule has 0 aliphatic carbocycles. The molecule has 0 atom stereocenters. The largest absolute Gasteiger partial charge is 0.475 e. The second-order valence-electron chi connectivity index (χ2n) is 6.94. The number of hydrogen-bond acceptors (Lipinski definition) is 6. The first-order valence-electron chi connectivity index (χ1n) is 9.28. The monoisotopic (exact) mass is 387 g/mol. The van der Waals surface area contributed by atoms with Crippen LogP contribution in [0.4, 0.5) is 5.69 Å². The molecule has 3 rings (SSSR count).